The van der Waals surface area contributed by atoms with Gasteiger partial charge in [0.05, 0.1) is 18.4 Å². The van der Waals surface area contributed by atoms with Gasteiger partial charge in [-0.1, -0.05) is 30.3 Å². The number of H-pyrrole nitrogens is 1. The molecule has 0 fully saturated rings. The molecule has 0 aliphatic heterocycles. The van der Waals surface area contributed by atoms with E-state index in [4.69, 9.17) is 4.74 Å². The maximum atomic E-state index is 14.5. The van der Waals surface area contributed by atoms with E-state index in [0.29, 0.717) is 5.56 Å². The first-order valence-corrected chi connectivity index (χ1v) is 8.82. The van der Waals surface area contributed by atoms with E-state index in [1.165, 1.54) is 18.2 Å². The summed E-state index contributed by atoms with van der Waals surface area (Å²) in [4.78, 5) is 14.7. The molecule has 0 spiro atoms. The van der Waals surface area contributed by atoms with Crippen LogP contribution in [0.1, 0.15) is 21.5 Å². The van der Waals surface area contributed by atoms with E-state index in [1.54, 1.807) is 7.11 Å². The molecule has 4 aromatic rings. The van der Waals surface area contributed by atoms with Crippen LogP contribution < -0.4 is 4.74 Å². The molecule has 0 radical (unpaired) electrons. The van der Waals surface area contributed by atoms with Gasteiger partial charge in [0, 0.05) is 23.4 Å². The summed E-state index contributed by atoms with van der Waals surface area (Å²) in [6.07, 6.45) is 0.267. The van der Waals surface area contributed by atoms with Crippen molar-refractivity contribution in [1.82, 2.24) is 4.98 Å². The largest absolute Gasteiger partial charge is 0.497 e. The molecule has 0 aliphatic carbocycles. The van der Waals surface area contributed by atoms with Crippen molar-refractivity contribution < 1.29 is 19.0 Å². The highest BCUT2D eigenvalue weighted by atomic mass is 19.1. The van der Waals surface area contributed by atoms with Crippen LogP contribution in [-0.4, -0.2) is 23.2 Å². The fraction of sp³-hybridized carbons (Fsp3) is 0.0870. The molecule has 28 heavy (non-hydrogen) atoms. The lowest BCUT2D eigenvalue weighted by molar-refractivity contribution is 0.0696. The van der Waals surface area contributed by atoms with Crippen molar-refractivity contribution in [3.8, 4) is 17.0 Å². The Kier molecular flexibility index (Phi) is 4.57. The molecule has 3 aromatic carbocycles. The van der Waals surface area contributed by atoms with E-state index in [2.05, 4.69) is 4.98 Å². The number of hydrogen-bond donors (Lipinski definition) is 2. The first-order valence-electron chi connectivity index (χ1n) is 8.82. The molecule has 2 N–H and O–H groups in total. The van der Waals surface area contributed by atoms with E-state index < -0.39 is 11.8 Å². The molecule has 0 saturated carbocycles. The zero-order chi connectivity index (χ0) is 19.7. The monoisotopic (exact) mass is 375 g/mol. The molecular formula is C23H18FNO3. The number of halogens is 1. The van der Waals surface area contributed by atoms with E-state index in [9.17, 15) is 14.3 Å². The van der Waals surface area contributed by atoms with Gasteiger partial charge in [0.25, 0.3) is 0 Å². The van der Waals surface area contributed by atoms with Crippen molar-refractivity contribution >= 4 is 16.9 Å². The summed E-state index contributed by atoms with van der Waals surface area (Å²) >= 11 is 0. The predicted molar refractivity (Wildman–Crippen MR) is 106 cm³/mol. The SMILES string of the molecule is COc1ccc2c(Cc3cc(C(=O)O)ccc3F)c(-c3ccccc3)[nH]c2c1. The van der Waals surface area contributed by atoms with Crippen molar-refractivity contribution in [2.75, 3.05) is 7.11 Å². The van der Waals surface area contributed by atoms with Crippen LogP contribution in [0.3, 0.4) is 0 Å². The van der Waals surface area contributed by atoms with E-state index in [-0.39, 0.29) is 12.0 Å². The number of carboxylic acid groups (broad SMARTS) is 1. The number of hydrogen-bond acceptors (Lipinski definition) is 2. The fourth-order valence-corrected chi connectivity index (χ4v) is 3.43. The number of aromatic carboxylic acids is 1. The van der Waals surface area contributed by atoms with Gasteiger partial charge in [-0.25, -0.2) is 9.18 Å². The lowest BCUT2D eigenvalue weighted by Gasteiger charge is -2.08. The Labute approximate surface area is 161 Å². The van der Waals surface area contributed by atoms with Crippen molar-refractivity contribution in [1.29, 1.82) is 0 Å². The fourth-order valence-electron chi connectivity index (χ4n) is 3.43. The molecule has 0 saturated heterocycles. The van der Waals surface area contributed by atoms with Gasteiger partial charge in [0.1, 0.15) is 11.6 Å². The van der Waals surface area contributed by atoms with Crippen LogP contribution in [0.15, 0.2) is 66.7 Å². The van der Waals surface area contributed by atoms with Crippen molar-refractivity contribution in [2.45, 2.75) is 6.42 Å². The Balaban J connectivity index is 1.90. The highest BCUT2D eigenvalue weighted by molar-refractivity contribution is 5.92. The van der Waals surface area contributed by atoms with Crippen LogP contribution in [0.5, 0.6) is 5.75 Å². The molecule has 1 aromatic heterocycles. The normalized spacial score (nSPS) is 10.9. The molecule has 0 bridgehead atoms. The molecular weight excluding hydrogens is 357 g/mol. The number of fused-ring (bicyclic) bond motifs is 1. The van der Waals surface area contributed by atoms with Crippen LogP contribution >= 0.6 is 0 Å². The first kappa shape index (κ1) is 17.8. The number of aromatic nitrogens is 1. The third kappa shape index (κ3) is 3.22. The molecule has 1 heterocycles. The molecule has 140 valence electrons. The Morgan fingerprint density at radius 2 is 1.86 bits per heavy atom. The van der Waals surface area contributed by atoms with Crippen LogP contribution in [0.2, 0.25) is 0 Å². The zero-order valence-corrected chi connectivity index (χ0v) is 15.2. The van der Waals surface area contributed by atoms with E-state index >= 15 is 0 Å². The Morgan fingerprint density at radius 1 is 1.07 bits per heavy atom. The average molecular weight is 375 g/mol. The molecule has 0 unspecified atom stereocenters. The number of ether oxygens (including phenoxy) is 1. The van der Waals surface area contributed by atoms with Crippen LogP contribution in [0.25, 0.3) is 22.2 Å². The minimum absolute atomic E-state index is 0.0687. The number of carboxylic acids is 1. The van der Waals surface area contributed by atoms with Gasteiger partial charge < -0.3 is 14.8 Å². The number of nitrogens with one attached hydrogen (secondary N) is 1. The van der Waals surface area contributed by atoms with E-state index in [1.807, 2.05) is 48.5 Å². The van der Waals surface area contributed by atoms with Gasteiger partial charge in [0.15, 0.2) is 0 Å². The third-order valence-electron chi connectivity index (χ3n) is 4.84. The molecule has 4 rings (SSSR count). The average Bonchev–Trinajstić information content (AvgIpc) is 3.07. The van der Waals surface area contributed by atoms with Crippen molar-refractivity contribution in [2.24, 2.45) is 0 Å². The summed E-state index contributed by atoms with van der Waals surface area (Å²) in [5.41, 5.74) is 4.05. The van der Waals surface area contributed by atoms with Gasteiger partial charge in [-0.05, 0) is 47.0 Å². The number of methoxy groups -OCH3 is 1. The summed E-state index contributed by atoms with van der Waals surface area (Å²) in [7, 11) is 1.61. The second-order valence-corrected chi connectivity index (χ2v) is 6.54. The topological polar surface area (TPSA) is 62.3 Å². The van der Waals surface area contributed by atoms with Gasteiger partial charge >= 0.3 is 5.97 Å². The Hall–Kier alpha value is -3.60. The summed E-state index contributed by atoms with van der Waals surface area (Å²) in [5, 5.41) is 10.2. The Morgan fingerprint density at radius 3 is 2.57 bits per heavy atom. The summed E-state index contributed by atoms with van der Waals surface area (Å²) in [6.45, 7) is 0. The lowest BCUT2D eigenvalue weighted by atomic mass is 9.97. The van der Waals surface area contributed by atoms with Crippen LogP contribution in [0, 0.1) is 5.82 Å². The summed E-state index contributed by atoms with van der Waals surface area (Å²) < 4.78 is 19.8. The summed E-state index contributed by atoms with van der Waals surface area (Å²) in [5.74, 6) is -0.779. The highest BCUT2D eigenvalue weighted by Crippen LogP contribution is 2.34. The molecule has 0 aliphatic rings. The van der Waals surface area contributed by atoms with Crippen LogP contribution in [0.4, 0.5) is 4.39 Å². The predicted octanol–water partition coefficient (Wildman–Crippen LogP) is 5.27. The highest BCUT2D eigenvalue weighted by Gasteiger charge is 2.17. The number of rotatable bonds is 5. The number of aromatic amines is 1. The van der Waals surface area contributed by atoms with Gasteiger partial charge in [-0.2, -0.15) is 0 Å². The third-order valence-corrected chi connectivity index (χ3v) is 4.84. The standard InChI is InChI=1S/C23H18FNO3/c1-28-17-8-9-18-19(12-16-11-15(23(26)27)7-10-20(16)24)22(25-21(18)13-17)14-5-3-2-4-6-14/h2-11,13,25H,12H2,1H3,(H,26,27). The summed E-state index contributed by atoms with van der Waals surface area (Å²) in [6, 6.07) is 19.4. The first-order chi connectivity index (χ1) is 13.6. The second kappa shape index (κ2) is 7.19. The molecule has 0 atom stereocenters. The molecule has 5 heteroatoms. The maximum absolute atomic E-state index is 14.5. The number of benzene rings is 3. The van der Waals surface area contributed by atoms with E-state index in [0.717, 1.165) is 33.5 Å². The number of carbonyl (C=O) groups is 1. The minimum atomic E-state index is -1.08. The zero-order valence-electron chi connectivity index (χ0n) is 15.2. The van der Waals surface area contributed by atoms with Gasteiger partial charge in [-0.3, -0.25) is 0 Å². The lowest BCUT2D eigenvalue weighted by Crippen LogP contribution is -2.01. The second-order valence-electron chi connectivity index (χ2n) is 6.54. The molecule has 0 amide bonds. The minimum Gasteiger partial charge on any atom is -0.497 e. The molecule has 4 nitrogen and oxygen atoms in total. The Bertz CT molecular complexity index is 1170. The van der Waals surface area contributed by atoms with Gasteiger partial charge in [0.2, 0.25) is 0 Å². The quantitative estimate of drug-likeness (QED) is 0.499. The maximum Gasteiger partial charge on any atom is 0.335 e. The van der Waals surface area contributed by atoms with Crippen molar-refractivity contribution in [3.05, 3.63) is 89.2 Å². The smallest absolute Gasteiger partial charge is 0.335 e. The van der Waals surface area contributed by atoms with Crippen molar-refractivity contribution in [3.63, 3.8) is 0 Å². The van der Waals surface area contributed by atoms with Crippen LogP contribution in [-0.2, 0) is 6.42 Å². The van der Waals surface area contributed by atoms with Gasteiger partial charge in [-0.15, -0.1) is 0 Å².